The van der Waals surface area contributed by atoms with E-state index in [0.717, 1.165) is 9.37 Å². The molecule has 0 aromatic heterocycles. The predicted octanol–water partition coefficient (Wildman–Crippen LogP) is 1.30. The maximum absolute atomic E-state index is 12.1. The van der Waals surface area contributed by atoms with Crippen molar-refractivity contribution in [2.75, 3.05) is 13.2 Å². The number of hydrogen-bond acceptors (Lipinski definition) is 5. The van der Waals surface area contributed by atoms with Gasteiger partial charge in [-0.25, -0.2) is 9.69 Å². The minimum absolute atomic E-state index is 0.0317. The maximum Gasteiger partial charge on any atom is 0.335 e. The van der Waals surface area contributed by atoms with Gasteiger partial charge in [-0.05, 0) is 24.6 Å². The van der Waals surface area contributed by atoms with Crippen molar-refractivity contribution in [3.63, 3.8) is 0 Å². The van der Waals surface area contributed by atoms with Crippen molar-refractivity contribution < 1.29 is 23.9 Å². The van der Waals surface area contributed by atoms with Gasteiger partial charge in [0, 0.05) is 4.47 Å². The van der Waals surface area contributed by atoms with E-state index in [-0.39, 0.29) is 13.2 Å². The first kappa shape index (κ1) is 16.2. The van der Waals surface area contributed by atoms with Crippen LogP contribution in [0.1, 0.15) is 12.5 Å². The summed E-state index contributed by atoms with van der Waals surface area (Å²) in [7, 11) is 0. The highest BCUT2D eigenvalue weighted by Crippen LogP contribution is 2.17. The number of imide groups is 2. The van der Waals surface area contributed by atoms with Crippen LogP contribution < -0.4 is 0 Å². The molecule has 1 aliphatic heterocycles. The van der Waals surface area contributed by atoms with Crippen LogP contribution in [-0.2, 0) is 25.7 Å². The van der Waals surface area contributed by atoms with Crippen molar-refractivity contribution in [3.05, 3.63) is 34.3 Å². The normalized spacial score (nSPS) is 14.7. The summed E-state index contributed by atoms with van der Waals surface area (Å²) in [6, 6.07) is 6.16. The van der Waals surface area contributed by atoms with E-state index in [2.05, 4.69) is 20.7 Å². The van der Waals surface area contributed by atoms with E-state index in [1.54, 1.807) is 31.2 Å². The summed E-state index contributed by atoms with van der Waals surface area (Å²) in [6.07, 6.45) is 0. The first-order chi connectivity index (χ1) is 10.4. The fourth-order valence-corrected chi connectivity index (χ4v) is 2.20. The number of esters is 1. The van der Waals surface area contributed by atoms with Gasteiger partial charge in [0.2, 0.25) is 0 Å². The quantitative estimate of drug-likeness (QED) is 0.444. The number of carbonyl (C=O) groups excluding carboxylic acids is 4. The molecule has 0 saturated carbocycles. The second-order valence-electron chi connectivity index (χ2n) is 4.50. The molecule has 2 rings (SSSR count). The Labute approximate surface area is 134 Å². The van der Waals surface area contributed by atoms with Crippen molar-refractivity contribution in [3.8, 4) is 0 Å². The molecular formula is C14H13BrN2O5. The van der Waals surface area contributed by atoms with E-state index in [4.69, 9.17) is 0 Å². The smallest absolute Gasteiger partial charge is 0.335 e. The zero-order valence-corrected chi connectivity index (χ0v) is 13.3. The highest BCUT2D eigenvalue weighted by atomic mass is 79.9. The number of carbonyl (C=O) groups is 4. The van der Waals surface area contributed by atoms with Gasteiger partial charge >= 0.3 is 23.8 Å². The van der Waals surface area contributed by atoms with Gasteiger partial charge < -0.3 is 4.74 Å². The van der Waals surface area contributed by atoms with Gasteiger partial charge in [0.1, 0.15) is 6.54 Å². The summed E-state index contributed by atoms with van der Waals surface area (Å²) >= 11 is 3.28. The van der Waals surface area contributed by atoms with Gasteiger partial charge in [-0.15, -0.1) is 0 Å². The van der Waals surface area contributed by atoms with Gasteiger partial charge in [-0.3, -0.25) is 19.3 Å². The molecule has 0 N–H and O–H groups in total. The van der Waals surface area contributed by atoms with Crippen molar-refractivity contribution in [1.82, 2.24) is 9.80 Å². The van der Waals surface area contributed by atoms with Crippen molar-refractivity contribution >= 4 is 39.7 Å². The van der Waals surface area contributed by atoms with Crippen LogP contribution in [0.2, 0.25) is 0 Å². The molecule has 0 unspecified atom stereocenters. The third-order valence-corrected chi connectivity index (χ3v) is 3.51. The van der Waals surface area contributed by atoms with Crippen LogP contribution >= 0.6 is 15.9 Å². The first-order valence-electron chi connectivity index (χ1n) is 6.51. The number of ether oxygens (including phenoxy) is 1. The third kappa shape index (κ3) is 3.33. The second-order valence-corrected chi connectivity index (χ2v) is 5.41. The Hall–Kier alpha value is -2.22. The van der Waals surface area contributed by atoms with E-state index in [1.165, 1.54) is 0 Å². The Morgan fingerprint density at radius 3 is 2.27 bits per heavy atom. The molecule has 4 amide bonds. The minimum atomic E-state index is -1.02. The minimum Gasteiger partial charge on any atom is -0.465 e. The molecule has 0 aliphatic carbocycles. The molecule has 0 radical (unpaired) electrons. The van der Waals surface area contributed by atoms with Crippen molar-refractivity contribution in [2.24, 2.45) is 0 Å². The van der Waals surface area contributed by atoms with Gasteiger partial charge in [0.25, 0.3) is 0 Å². The molecule has 1 aromatic rings. The first-order valence-corrected chi connectivity index (χ1v) is 7.30. The van der Waals surface area contributed by atoms with E-state index in [0.29, 0.717) is 10.5 Å². The maximum atomic E-state index is 12.1. The number of benzene rings is 1. The largest absolute Gasteiger partial charge is 0.465 e. The molecule has 0 atom stereocenters. The highest BCUT2D eigenvalue weighted by Gasteiger charge is 2.45. The second kappa shape index (κ2) is 6.69. The van der Waals surface area contributed by atoms with Crippen LogP contribution in [0.25, 0.3) is 0 Å². The lowest BCUT2D eigenvalue weighted by Crippen LogP contribution is -2.37. The standard InChI is InChI=1S/C14H13BrN2O5/c1-2-22-11(18)8-17-13(20)12(19)16(14(17)21)7-9-3-5-10(15)6-4-9/h3-6H,2,7-8H2,1H3. The van der Waals surface area contributed by atoms with Gasteiger partial charge in [0.05, 0.1) is 13.2 Å². The molecule has 0 spiro atoms. The molecule has 1 aliphatic rings. The number of hydrogen-bond donors (Lipinski definition) is 0. The van der Waals surface area contributed by atoms with Crippen LogP contribution in [0.4, 0.5) is 4.79 Å². The summed E-state index contributed by atoms with van der Waals surface area (Å²) in [5.74, 6) is -2.70. The summed E-state index contributed by atoms with van der Waals surface area (Å²) in [5, 5.41) is 0. The molecule has 1 heterocycles. The average molecular weight is 369 g/mol. The van der Waals surface area contributed by atoms with E-state index in [1.807, 2.05) is 0 Å². The highest BCUT2D eigenvalue weighted by molar-refractivity contribution is 9.10. The van der Waals surface area contributed by atoms with E-state index < -0.39 is 30.4 Å². The van der Waals surface area contributed by atoms with Crippen LogP contribution in [0.15, 0.2) is 28.7 Å². The zero-order valence-electron chi connectivity index (χ0n) is 11.7. The summed E-state index contributed by atoms with van der Waals surface area (Å²) < 4.78 is 5.54. The van der Waals surface area contributed by atoms with E-state index >= 15 is 0 Å². The molecular weight excluding hydrogens is 356 g/mol. The molecule has 0 bridgehead atoms. The summed E-state index contributed by atoms with van der Waals surface area (Å²) in [4.78, 5) is 48.6. The van der Waals surface area contributed by atoms with Gasteiger partial charge in [-0.2, -0.15) is 0 Å². The molecule has 1 aromatic carbocycles. The number of nitrogens with zero attached hydrogens (tertiary/aromatic N) is 2. The third-order valence-electron chi connectivity index (χ3n) is 2.98. The Kier molecular flexibility index (Phi) is 4.92. The fourth-order valence-electron chi connectivity index (χ4n) is 1.94. The number of amides is 4. The predicted molar refractivity (Wildman–Crippen MR) is 78.4 cm³/mol. The number of rotatable bonds is 5. The lowest BCUT2D eigenvalue weighted by Gasteiger charge is -2.15. The number of urea groups is 1. The monoisotopic (exact) mass is 368 g/mol. The zero-order chi connectivity index (χ0) is 16.3. The van der Waals surface area contributed by atoms with Gasteiger partial charge in [-0.1, -0.05) is 28.1 Å². The molecule has 8 heteroatoms. The lowest BCUT2D eigenvalue weighted by atomic mass is 10.2. The molecule has 116 valence electrons. The Morgan fingerprint density at radius 1 is 1.09 bits per heavy atom. The molecule has 22 heavy (non-hydrogen) atoms. The fraction of sp³-hybridized carbons (Fsp3) is 0.286. The topological polar surface area (TPSA) is 84.0 Å². The van der Waals surface area contributed by atoms with Crippen molar-refractivity contribution in [2.45, 2.75) is 13.5 Å². The molecule has 7 nitrogen and oxygen atoms in total. The molecule has 1 fully saturated rings. The average Bonchev–Trinajstić information content (AvgIpc) is 2.67. The molecule has 1 saturated heterocycles. The Morgan fingerprint density at radius 2 is 1.68 bits per heavy atom. The Bertz CT molecular complexity index is 629. The number of halogens is 1. The van der Waals surface area contributed by atoms with Crippen LogP contribution in [-0.4, -0.2) is 46.8 Å². The van der Waals surface area contributed by atoms with Crippen LogP contribution in [0.3, 0.4) is 0 Å². The summed E-state index contributed by atoms with van der Waals surface area (Å²) in [5.41, 5.74) is 0.690. The van der Waals surface area contributed by atoms with Crippen LogP contribution in [0.5, 0.6) is 0 Å². The van der Waals surface area contributed by atoms with Gasteiger partial charge in [0.15, 0.2) is 0 Å². The Balaban J connectivity index is 2.11. The van der Waals surface area contributed by atoms with Crippen molar-refractivity contribution in [1.29, 1.82) is 0 Å². The van der Waals surface area contributed by atoms with Crippen LogP contribution in [0, 0.1) is 0 Å². The SMILES string of the molecule is CCOC(=O)CN1C(=O)C(=O)N(Cc2ccc(Br)cc2)C1=O. The van der Waals surface area contributed by atoms with E-state index in [9.17, 15) is 19.2 Å². The summed E-state index contributed by atoms with van der Waals surface area (Å²) in [6.45, 7) is 1.15. The lowest BCUT2D eigenvalue weighted by molar-refractivity contribution is -0.148.